The van der Waals surface area contributed by atoms with Gasteiger partial charge >= 0.3 is 6.03 Å². The molecule has 0 saturated carbocycles. The van der Waals surface area contributed by atoms with E-state index in [0.717, 1.165) is 0 Å². The number of nitrogens with one attached hydrogen (secondary N) is 3. The minimum absolute atomic E-state index is 0.102. The van der Waals surface area contributed by atoms with Crippen LogP contribution in [0.25, 0.3) is 10.9 Å². The van der Waals surface area contributed by atoms with Crippen molar-refractivity contribution in [1.29, 1.82) is 0 Å². The molecule has 0 aliphatic heterocycles. The number of carbonyl (C=O) groups excluding carboxylic acids is 2. The minimum Gasteiger partial charge on any atom is -0.308 e. The van der Waals surface area contributed by atoms with Gasteiger partial charge in [-0.05, 0) is 24.3 Å². The lowest BCUT2D eigenvalue weighted by atomic mass is 10.2. The molecule has 1 aromatic heterocycles. The molecule has 132 valence electrons. The maximum Gasteiger partial charge on any atom is 0.325 e. The molecule has 3 aromatic rings. The highest BCUT2D eigenvalue weighted by atomic mass is 16.2. The fraction of sp³-hybridized carbons (Fsp3) is 0.111. The van der Waals surface area contributed by atoms with Crippen molar-refractivity contribution in [3.8, 4) is 0 Å². The Morgan fingerprint density at radius 1 is 1.00 bits per heavy atom. The normalized spacial score (nSPS) is 10.5. The van der Waals surface area contributed by atoms with Crippen LogP contribution in [0, 0.1) is 0 Å². The predicted molar refractivity (Wildman–Crippen MR) is 97.6 cm³/mol. The molecule has 0 aliphatic rings. The van der Waals surface area contributed by atoms with Crippen molar-refractivity contribution < 1.29 is 9.59 Å². The first-order chi connectivity index (χ1) is 12.6. The average Bonchev–Trinajstić information content (AvgIpc) is 2.64. The molecule has 0 aliphatic carbocycles. The Morgan fingerprint density at radius 3 is 2.54 bits per heavy atom. The summed E-state index contributed by atoms with van der Waals surface area (Å²) in [7, 11) is 0. The van der Waals surface area contributed by atoms with Crippen molar-refractivity contribution >= 4 is 28.5 Å². The van der Waals surface area contributed by atoms with Crippen LogP contribution >= 0.6 is 0 Å². The largest absolute Gasteiger partial charge is 0.325 e. The molecule has 26 heavy (non-hydrogen) atoms. The van der Waals surface area contributed by atoms with Gasteiger partial charge in [-0.15, -0.1) is 0 Å². The van der Waals surface area contributed by atoms with Crippen LogP contribution in [0.5, 0.6) is 0 Å². The Balaban J connectivity index is 1.50. The monoisotopic (exact) mass is 351 g/mol. The van der Waals surface area contributed by atoms with Crippen molar-refractivity contribution in [2.24, 2.45) is 0 Å². The third kappa shape index (κ3) is 4.31. The molecule has 8 nitrogen and oxygen atoms in total. The molecule has 0 radical (unpaired) electrons. The molecule has 8 heteroatoms. The second-order valence-corrected chi connectivity index (χ2v) is 5.49. The molecule has 0 spiro atoms. The zero-order valence-corrected chi connectivity index (χ0v) is 13.8. The van der Waals surface area contributed by atoms with Crippen LogP contribution in [0.1, 0.15) is 0 Å². The van der Waals surface area contributed by atoms with Crippen molar-refractivity contribution in [3.05, 3.63) is 71.3 Å². The van der Waals surface area contributed by atoms with E-state index in [0.29, 0.717) is 16.6 Å². The number of anilines is 1. The van der Waals surface area contributed by atoms with Crippen LogP contribution < -0.4 is 21.5 Å². The van der Waals surface area contributed by atoms with Gasteiger partial charge in [0.15, 0.2) is 0 Å². The van der Waals surface area contributed by atoms with Gasteiger partial charge in [0.2, 0.25) is 5.91 Å². The van der Waals surface area contributed by atoms with E-state index >= 15 is 0 Å². The number of amides is 3. The molecule has 0 fully saturated rings. The first-order valence-electron chi connectivity index (χ1n) is 7.94. The van der Waals surface area contributed by atoms with E-state index in [1.807, 2.05) is 12.1 Å². The van der Waals surface area contributed by atoms with Gasteiger partial charge in [0.25, 0.3) is 5.56 Å². The van der Waals surface area contributed by atoms with Gasteiger partial charge in [0, 0.05) is 5.69 Å². The van der Waals surface area contributed by atoms with Crippen LogP contribution in [-0.4, -0.2) is 28.0 Å². The van der Waals surface area contributed by atoms with Crippen LogP contribution in [0.4, 0.5) is 10.5 Å². The summed E-state index contributed by atoms with van der Waals surface area (Å²) in [6.07, 6.45) is 1.41. The van der Waals surface area contributed by atoms with Gasteiger partial charge in [-0.2, -0.15) is 0 Å². The number of benzene rings is 2. The first kappa shape index (κ1) is 17.3. The van der Waals surface area contributed by atoms with Gasteiger partial charge in [-0.3, -0.25) is 24.8 Å². The number of para-hydroxylation sites is 2. The van der Waals surface area contributed by atoms with E-state index in [9.17, 15) is 14.4 Å². The summed E-state index contributed by atoms with van der Waals surface area (Å²) in [5.41, 5.74) is 0.994. The van der Waals surface area contributed by atoms with E-state index in [2.05, 4.69) is 20.9 Å². The van der Waals surface area contributed by atoms with Crippen LogP contribution in [0.15, 0.2) is 65.7 Å². The smallest absolute Gasteiger partial charge is 0.308 e. The molecule has 0 atom stereocenters. The lowest BCUT2D eigenvalue weighted by Gasteiger charge is -2.09. The number of carbonyl (C=O) groups is 2. The highest BCUT2D eigenvalue weighted by Crippen LogP contribution is 2.04. The van der Waals surface area contributed by atoms with Crippen LogP contribution in [0.3, 0.4) is 0 Å². The second kappa shape index (κ2) is 8.04. The van der Waals surface area contributed by atoms with Crippen LogP contribution in [-0.2, 0) is 11.5 Å². The topological polar surface area (TPSA) is 105 Å². The molecule has 3 amide bonds. The number of aromatic nitrogens is 2. The van der Waals surface area contributed by atoms with Crippen LogP contribution in [0.2, 0.25) is 0 Å². The quantitative estimate of drug-likeness (QED) is 0.642. The Kier molecular flexibility index (Phi) is 5.35. The summed E-state index contributed by atoms with van der Waals surface area (Å²) in [6, 6.07) is 15.2. The van der Waals surface area contributed by atoms with E-state index in [-0.39, 0.29) is 18.8 Å². The van der Waals surface area contributed by atoms with Gasteiger partial charge in [-0.1, -0.05) is 30.3 Å². The molecule has 0 bridgehead atoms. The van der Waals surface area contributed by atoms with Gasteiger partial charge in [-0.25, -0.2) is 9.78 Å². The summed E-state index contributed by atoms with van der Waals surface area (Å²) < 4.78 is 1.36. The summed E-state index contributed by atoms with van der Waals surface area (Å²) in [6.45, 7) is -0.0220. The molecule has 0 unspecified atom stereocenters. The van der Waals surface area contributed by atoms with E-state index in [4.69, 9.17) is 0 Å². The van der Waals surface area contributed by atoms with Crippen molar-refractivity contribution in [1.82, 2.24) is 20.2 Å². The third-order valence-electron chi connectivity index (χ3n) is 3.58. The number of fused-ring (bicyclic) bond motifs is 1. The molecule has 0 saturated heterocycles. The number of hydrogen-bond donors (Lipinski definition) is 3. The second-order valence-electron chi connectivity index (χ2n) is 5.49. The summed E-state index contributed by atoms with van der Waals surface area (Å²) >= 11 is 0. The standard InChI is InChI=1S/C18H17N5O3/c24-16(22-18(26)21-13-6-2-1-3-7-13)10-19-11-23-12-20-15-9-5-4-8-14(15)17(23)25/h1-9,12,19H,10-11H2,(H2,21,22,24,26). The average molecular weight is 351 g/mol. The molecular weight excluding hydrogens is 334 g/mol. The fourth-order valence-corrected chi connectivity index (χ4v) is 2.36. The van der Waals surface area contributed by atoms with E-state index in [1.54, 1.807) is 42.5 Å². The van der Waals surface area contributed by atoms with Crippen molar-refractivity contribution in [2.45, 2.75) is 6.67 Å². The van der Waals surface area contributed by atoms with Gasteiger partial charge in [0.1, 0.15) is 0 Å². The molecule has 2 aromatic carbocycles. The molecule has 3 N–H and O–H groups in total. The van der Waals surface area contributed by atoms with Crippen molar-refractivity contribution in [2.75, 3.05) is 11.9 Å². The third-order valence-corrected chi connectivity index (χ3v) is 3.58. The Labute approximate surface area is 148 Å². The summed E-state index contributed by atoms with van der Waals surface area (Å²) in [5.74, 6) is -0.514. The van der Waals surface area contributed by atoms with Crippen molar-refractivity contribution in [3.63, 3.8) is 0 Å². The summed E-state index contributed by atoms with van der Waals surface area (Å²) in [4.78, 5) is 40.0. The molecular formula is C18H17N5O3. The van der Waals surface area contributed by atoms with E-state index < -0.39 is 11.9 Å². The first-order valence-corrected chi connectivity index (χ1v) is 7.94. The zero-order chi connectivity index (χ0) is 18.4. The lowest BCUT2D eigenvalue weighted by Crippen LogP contribution is -2.41. The molecule has 1 heterocycles. The Bertz CT molecular complexity index is 985. The highest BCUT2D eigenvalue weighted by molar-refractivity contribution is 6.01. The summed E-state index contributed by atoms with van der Waals surface area (Å²) in [5, 5.41) is 8.06. The number of nitrogens with zero attached hydrogens (tertiary/aromatic N) is 2. The minimum atomic E-state index is -0.618. The van der Waals surface area contributed by atoms with E-state index in [1.165, 1.54) is 10.9 Å². The number of rotatable bonds is 5. The zero-order valence-electron chi connectivity index (χ0n) is 13.8. The number of imide groups is 1. The fourth-order valence-electron chi connectivity index (χ4n) is 2.36. The predicted octanol–water partition coefficient (Wildman–Crippen LogP) is 1.29. The number of urea groups is 1. The van der Waals surface area contributed by atoms with Gasteiger partial charge < -0.3 is 5.32 Å². The Morgan fingerprint density at radius 2 is 1.73 bits per heavy atom. The SMILES string of the molecule is O=C(CNCn1cnc2ccccc2c1=O)NC(=O)Nc1ccccc1. The van der Waals surface area contributed by atoms with Gasteiger partial charge in [0.05, 0.1) is 30.4 Å². The lowest BCUT2D eigenvalue weighted by molar-refractivity contribution is -0.119. The molecule has 3 rings (SSSR count). The Hall–Kier alpha value is -3.52. The maximum absolute atomic E-state index is 12.3. The maximum atomic E-state index is 12.3. The highest BCUT2D eigenvalue weighted by Gasteiger charge is 2.08. The number of hydrogen-bond acceptors (Lipinski definition) is 5.